The lowest BCUT2D eigenvalue weighted by molar-refractivity contribution is -0.120. The van der Waals surface area contributed by atoms with Crippen LogP contribution in [0.1, 0.15) is 11.6 Å². The molecule has 2 heterocycles. The molecule has 1 saturated heterocycles. The average Bonchev–Trinajstić information content (AvgIpc) is 2.47. The van der Waals surface area contributed by atoms with Gasteiger partial charge in [-0.1, -0.05) is 6.07 Å². The second-order valence-corrected chi connectivity index (χ2v) is 2.68. The van der Waals surface area contributed by atoms with Gasteiger partial charge < -0.3 is 5.32 Å². The summed E-state index contributed by atoms with van der Waals surface area (Å²) in [6, 6.07) is 2.40. The van der Waals surface area contributed by atoms with Crippen molar-refractivity contribution in [3.63, 3.8) is 0 Å². The molecule has 2 rings (SSSR count). The van der Waals surface area contributed by atoms with Crippen LogP contribution in [0.2, 0.25) is 0 Å². The van der Waals surface area contributed by atoms with Crippen molar-refractivity contribution in [2.24, 2.45) is 0 Å². The van der Waals surface area contributed by atoms with Gasteiger partial charge in [0, 0.05) is 18.0 Å². The molecular formula is C8H7N3O2. The first-order chi connectivity index (χ1) is 6.27. The zero-order valence-electron chi connectivity index (χ0n) is 6.65. The van der Waals surface area contributed by atoms with E-state index in [4.69, 9.17) is 0 Å². The lowest BCUT2D eigenvalue weighted by Crippen LogP contribution is -2.22. The van der Waals surface area contributed by atoms with Crippen LogP contribution in [0.25, 0.3) is 0 Å². The first kappa shape index (κ1) is 7.72. The topological polar surface area (TPSA) is 71.1 Å². The number of hydrogen-bond donors (Lipinski definition) is 2. The van der Waals surface area contributed by atoms with Gasteiger partial charge in [-0.15, -0.1) is 0 Å². The number of urea groups is 1. The number of carbonyl (C=O) groups is 2. The molecule has 2 N–H and O–H groups in total. The highest BCUT2D eigenvalue weighted by molar-refractivity contribution is 6.04. The van der Waals surface area contributed by atoms with E-state index in [1.165, 1.54) is 0 Å². The maximum Gasteiger partial charge on any atom is 0.322 e. The summed E-state index contributed by atoms with van der Waals surface area (Å²) in [6.45, 7) is 0. The molecule has 1 aliphatic rings. The third kappa shape index (κ3) is 1.35. The number of nitrogens with one attached hydrogen (secondary N) is 2. The first-order valence-corrected chi connectivity index (χ1v) is 3.78. The summed E-state index contributed by atoms with van der Waals surface area (Å²) < 4.78 is 0. The van der Waals surface area contributed by atoms with Crippen molar-refractivity contribution in [1.82, 2.24) is 15.6 Å². The molecule has 0 unspecified atom stereocenters. The van der Waals surface area contributed by atoms with E-state index in [0.29, 0.717) is 5.56 Å². The fourth-order valence-corrected chi connectivity index (χ4v) is 1.20. The minimum atomic E-state index is -0.596. The predicted molar refractivity (Wildman–Crippen MR) is 43.7 cm³/mol. The average molecular weight is 177 g/mol. The molecule has 3 amide bonds. The van der Waals surface area contributed by atoms with Gasteiger partial charge in [0.2, 0.25) is 0 Å². The Morgan fingerprint density at radius 1 is 1.38 bits per heavy atom. The Bertz CT molecular complexity index is 350. The maximum atomic E-state index is 11.2. The molecule has 5 heteroatoms. The number of nitrogens with zero attached hydrogens (tertiary/aromatic N) is 1. The standard InChI is InChI=1S/C8H7N3O2/c12-7-6(10-8(13)11-7)5-2-1-3-9-4-5/h1-4,6H,(H2,10,11,12,13)/t6-/m1/s1. The lowest BCUT2D eigenvalue weighted by Gasteiger charge is -2.04. The van der Waals surface area contributed by atoms with E-state index in [9.17, 15) is 9.59 Å². The van der Waals surface area contributed by atoms with Crippen molar-refractivity contribution in [2.75, 3.05) is 0 Å². The maximum absolute atomic E-state index is 11.2. The summed E-state index contributed by atoms with van der Waals surface area (Å²) in [7, 11) is 0. The molecule has 0 bridgehead atoms. The molecule has 0 radical (unpaired) electrons. The van der Waals surface area contributed by atoms with Gasteiger partial charge in [0.05, 0.1) is 0 Å². The van der Waals surface area contributed by atoms with Gasteiger partial charge in [-0.2, -0.15) is 0 Å². The fraction of sp³-hybridized carbons (Fsp3) is 0.125. The molecule has 5 nitrogen and oxygen atoms in total. The van der Waals surface area contributed by atoms with E-state index in [2.05, 4.69) is 15.6 Å². The number of carbonyl (C=O) groups excluding carboxylic acids is 2. The first-order valence-electron chi connectivity index (χ1n) is 3.78. The largest absolute Gasteiger partial charge is 0.322 e. The highest BCUT2D eigenvalue weighted by Gasteiger charge is 2.30. The summed E-state index contributed by atoms with van der Waals surface area (Å²) in [5.41, 5.74) is 0.686. The van der Waals surface area contributed by atoms with Gasteiger partial charge in [0.25, 0.3) is 5.91 Å². The minimum absolute atomic E-state index is 0.335. The molecule has 0 spiro atoms. The highest BCUT2D eigenvalue weighted by Crippen LogP contribution is 2.14. The van der Waals surface area contributed by atoms with Crippen LogP contribution in [0.15, 0.2) is 24.5 Å². The second kappa shape index (κ2) is 2.85. The summed E-state index contributed by atoms with van der Waals surface area (Å²) in [5.74, 6) is -0.335. The SMILES string of the molecule is O=C1NC(=O)[C@@H](c2cccnc2)N1. The number of hydrogen-bond acceptors (Lipinski definition) is 3. The smallest absolute Gasteiger partial charge is 0.322 e. The van der Waals surface area contributed by atoms with Gasteiger partial charge in [0.15, 0.2) is 0 Å². The molecule has 1 aromatic rings. The lowest BCUT2D eigenvalue weighted by atomic mass is 10.1. The van der Waals surface area contributed by atoms with Crippen molar-refractivity contribution in [2.45, 2.75) is 6.04 Å². The molecule has 0 aromatic carbocycles. The van der Waals surface area contributed by atoms with E-state index in [0.717, 1.165) is 0 Å². The van der Waals surface area contributed by atoms with Crippen LogP contribution >= 0.6 is 0 Å². The van der Waals surface area contributed by atoms with E-state index < -0.39 is 12.1 Å². The van der Waals surface area contributed by atoms with Crippen molar-refractivity contribution in [1.29, 1.82) is 0 Å². The van der Waals surface area contributed by atoms with Gasteiger partial charge in [-0.3, -0.25) is 15.1 Å². The molecule has 1 aliphatic heterocycles. The van der Waals surface area contributed by atoms with Gasteiger partial charge in [0.1, 0.15) is 6.04 Å². The number of amides is 3. The van der Waals surface area contributed by atoms with E-state index in [-0.39, 0.29) is 5.91 Å². The molecule has 0 saturated carbocycles. The van der Waals surface area contributed by atoms with Gasteiger partial charge in [-0.05, 0) is 6.07 Å². The number of imide groups is 1. The van der Waals surface area contributed by atoms with Crippen LogP contribution in [-0.2, 0) is 4.79 Å². The highest BCUT2D eigenvalue weighted by atomic mass is 16.2. The zero-order valence-corrected chi connectivity index (χ0v) is 6.65. The summed E-state index contributed by atoms with van der Waals surface area (Å²) in [4.78, 5) is 25.8. The number of rotatable bonds is 1. The molecular weight excluding hydrogens is 170 g/mol. The summed E-state index contributed by atoms with van der Waals surface area (Å²) in [5, 5.41) is 4.63. The van der Waals surface area contributed by atoms with Crippen LogP contribution in [0.3, 0.4) is 0 Å². The van der Waals surface area contributed by atoms with Crippen molar-refractivity contribution in [3.8, 4) is 0 Å². The quantitative estimate of drug-likeness (QED) is 0.591. The summed E-state index contributed by atoms with van der Waals surface area (Å²) in [6.07, 6.45) is 3.16. The molecule has 66 valence electrons. The van der Waals surface area contributed by atoms with Crippen LogP contribution in [0.4, 0.5) is 4.79 Å². The third-order valence-corrected chi connectivity index (χ3v) is 1.79. The van der Waals surface area contributed by atoms with E-state index in [1.54, 1.807) is 24.5 Å². The zero-order chi connectivity index (χ0) is 9.26. The number of pyridine rings is 1. The van der Waals surface area contributed by atoms with Crippen molar-refractivity contribution in [3.05, 3.63) is 30.1 Å². The normalized spacial score (nSPS) is 21.1. The molecule has 1 aromatic heterocycles. The van der Waals surface area contributed by atoms with E-state index in [1.807, 2.05) is 0 Å². The van der Waals surface area contributed by atoms with Gasteiger partial charge >= 0.3 is 6.03 Å². The predicted octanol–water partition coefficient (Wildman–Crippen LogP) is -0.0379. The Hall–Kier alpha value is -1.91. The minimum Gasteiger partial charge on any atom is -0.322 e. The fourth-order valence-electron chi connectivity index (χ4n) is 1.20. The van der Waals surface area contributed by atoms with Crippen LogP contribution in [-0.4, -0.2) is 16.9 Å². The Balaban J connectivity index is 2.28. The number of aromatic nitrogens is 1. The molecule has 1 fully saturated rings. The summed E-state index contributed by atoms with van der Waals surface area (Å²) >= 11 is 0. The Kier molecular flexibility index (Phi) is 1.70. The molecule has 1 atom stereocenters. The molecule has 0 aliphatic carbocycles. The van der Waals surface area contributed by atoms with Gasteiger partial charge in [-0.25, -0.2) is 4.79 Å². The second-order valence-electron chi connectivity index (χ2n) is 2.68. The Morgan fingerprint density at radius 3 is 2.77 bits per heavy atom. The third-order valence-electron chi connectivity index (χ3n) is 1.79. The van der Waals surface area contributed by atoms with Crippen molar-refractivity contribution < 1.29 is 9.59 Å². The van der Waals surface area contributed by atoms with E-state index >= 15 is 0 Å². The molecule has 13 heavy (non-hydrogen) atoms. The van der Waals surface area contributed by atoms with Crippen LogP contribution in [0.5, 0.6) is 0 Å². The Morgan fingerprint density at radius 2 is 2.23 bits per heavy atom. The van der Waals surface area contributed by atoms with Crippen LogP contribution in [0, 0.1) is 0 Å². The Labute approximate surface area is 74.2 Å². The van der Waals surface area contributed by atoms with Crippen molar-refractivity contribution >= 4 is 11.9 Å². The van der Waals surface area contributed by atoms with Crippen LogP contribution < -0.4 is 10.6 Å². The monoisotopic (exact) mass is 177 g/mol.